The fourth-order valence-electron chi connectivity index (χ4n) is 4.19. The predicted octanol–water partition coefficient (Wildman–Crippen LogP) is 7.37. The van der Waals surface area contributed by atoms with Gasteiger partial charge in [0.15, 0.2) is 0 Å². The lowest BCUT2D eigenvalue weighted by Crippen LogP contribution is -2.15. The third-order valence-corrected chi connectivity index (χ3v) is 7.08. The first-order valence-electron chi connectivity index (χ1n) is 11.7. The van der Waals surface area contributed by atoms with Gasteiger partial charge in [0.05, 0.1) is 23.9 Å². The van der Waals surface area contributed by atoms with Crippen molar-refractivity contribution >= 4 is 39.1 Å². The third kappa shape index (κ3) is 4.86. The Hall–Kier alpha value is -4.36. The second-order valence-electron chi connectivity index (χ2n) is 8.43. The maximum Gasteiger partial charge on any atom is 0.341 e. The molecule has 1 amide bonds. The molecule has 7 heteroatoms. The summed E-state index contributed by atoms with van der Waals surface area (Å²) in [5.41, 5.74) is 5.35. The van der Waals surface area contributed by atoms with Gasteiger partial charge in [-0.05, 0) is 41.8 Å². The van der Waals surface area contributed by atoms with E-state index in [1.165, 1.54) is 36.1 Å². The van der Waals surface area contributed by atoms with Crippen molar-refractivity contribution in [1.29, 1.82) is 0 Å². The van der Waals surface area contributed by atoms with E-state index in [-0.39, 0.29) is 17.3 Å². The van der Waals surface area contributed by atoms with Gasteiger partial charge in [0, 0.05) is 21.9 Å². The molecule has 37 heavy (non-hydrogen) atoms. The summed E-state index contributed by atoms with van der Waals surface area (Å²) in [6.45, 7) is 2.10. The van der Waals surface area contributed by atoms with Crippen molar-refractivity contribution in [1.82, 2.24) is 4.98 Å². The summed E-state index contributed by atoms with van der Waals surface area (Å²) in [6, 6.07) is 23.1. The highest BCUT2D eigenvalue weighted by atomic mass is 32.1. The van der Waals surface area contributed by atoms with Gasteiger partial charge in [0.2, 0.25) is 0 Å². The number of nitrogens with zero attached hydrogens (tertiary/aromatic N) is 1. The van der Waals surface area contributed by atoms with Crippen LogP contribution >= 0.6 is 11.3 Å². The Bertz CT molecular complexity index is 1610. The lowest BCUT2D eigenvalue weighted by molar-refractivity contribution is 0.0603. The van der Waals surface area contributed by atoms with E-state index >= 15 is 0 Å². The Morgan fingerprint density at radius 2 is 1.68 bits per heavy atom. The average Bonchev–Trinajstić information content (AvgIpc) is 3.35. The largest absolute Gasteiger partial charge is 0.465 e. The molecule has 5 nitrogen and oxygen atoms in total. The van der Waals surface area contributed by atoms with Crippen LogP contribution in [0, 0.1) is 5.82 Å². The summed E-state index contributed by atoms with van der Waals surface area (Å²) in [4.78, 5) is 31.1. The second-order valence-corrected chi connectivity index (χ2v) is 9.31. The van der Waals surface area contributed by atoms with Crippen molar-refractivity contribution in [3.05, 3.63) is 107 Å². The van der Waals surface area contributed by atoms with Gasteiger partial charge in [0.25, 0.3) is 5.91 Å². The van der Waals surface area contributed by atoms with E-state index in [0.29, 0.717) is 38.3 Å². The molecule has 3 aromatic carbocycles. The van der Waals surface area contributed by atoms with Crippen LogP contribution in [-0.4, -0.2) is 24.0 Å². The van der Waals surface area contributed by atoms with E-state index in [1.54, 1.807) is 23.6 Å². The molecule has 2 heterocycles. The zero-order valence-electron chi connectivity index (χ0n) is 20.2. The van der Waals surface area contributed by atoms with E-state index in [4.69, 9.17) is 9.72 Å². The Morgan fingerprint density at radius 3 is 2.38 bits per heavy atom. The highest BCUT2D eigenvalue weighted by Crippen LogP contribution is 2.37. The van der Waals surface area contributed by atoms with E-state index in [2.05, 4.69) is 24.4 Å². The highest BCUT2D eigenvalue weighted by Gasteiger charge is 2.24. The molecule has 0 aliphatic carbocycles. The number of amides is 1. The first-order valence-corrected chi connectivity index (χ1v) is 12.6. The summed E-state index contributed by atoms with van der Waals surface area (Å²) in [5.74, 6) is -1.34. The number of carbonyl (C=O) groups is 2. The van der Waals surface area contributed by atoms with Crippen LogP contribution in [0.3, 0.4) is 0 Å². The molecule has 0 unspecified atom stereocenters. The van der Waals surface area contributed by atoms with Crippen LogP contribution in [0.4, 0.5) is 9.39 Å². The van der Waals surface area contributed by atoms with Crippen LogP contribution < -0.4 is 5.32 Å². The Kier molecular flexibility index (Phi) is 6.79. The van der Waals surface area contributed by atoms with Gasteiger partial charge in [-0.25, -0.2) is 14.2 Å². The summed E-state index contributed by atoms with van der Waals surface area (Å²) in [6.07, 6.45) is 0.933. The van der Waals surface area contributed by atoms with Gasteiger partial charge in [-0.2, -0.15) is 0 Å². The number of methoxy groups -OCH3 is 1. The number of aromatic nitrogens is 1. The maximum absolute atomic E-state index is 13.6. The maximum atomic E-state index is 13.6. The molecule has 0 radical (unpaired) electrons. The molecule has 5 rings (SSSR count). The lowest BCUT2D eigenvalue weighted by atomic mass is 10.0. The molecule has 0 fully saturated rings. The van der Waals surface area contributed by atoms with Crippen LogP contribution in [0.25, 0.3) is 33.3 Å². The zero-order valence-corrected chi connectivity index (χ0v) is 21.1. The van der Waals surface area contributed by atoms with Crippen molar-refractivity contribution in [2.45, 2.75) is 13.3 Å². The number of hydrogen-bond donors (Lipinski definition) is 1. The molecule has 0 saturated carbocycles. The number of ether oxygens (including phenoxy) is 1. The fraction of sp³-hybridized carbons (Fsp3) is 0.100. The van der Waals surface area contributed by atoms with Crippen LogP contribution in [0.15, 0.2) is 84.2 Å². The lowest BCUT2D eigenvalue weighted by Gasteiger charge is -2.12. The minimum absolute atomic E-state index is 0.223. The SMILES string of the molecule is CCc1ccc(-c2cc(C(=O)Nc3scc(-c4ccc(F)cc4)c3C(=O)OC)c3ccccc3n2)cc1. The number of anilines is 1. The monoisotopic (exact) mass is 510 g/mol. The quantitative estimate of drug-likeness (QED) is 0.242. The molecule has 5 aromatic rings. The minimum Gasteiger partial charge on any atom is -0.465 e. The number of esters is 1. The topological polar surface area (TPSA) is 68.3 Å². The number of fused-ring (bicyclic) bond motifs is 1. The Balaban J connectivity index is 1.56. The number of para-hydroxylation sites is 1. The molecule has 1 N–H and O–H groups in total. The number of carbonyl (C=O) groups excluding carboxylic acids is 2. The molecule has 0 bridgehead atoms. The van der Waals surface area contributed by atoms with E-state index in [9.17, 15) is 14.0 Å². The summed E-state index contributed by atoms with van der Waals surface area (Å²) < 4.78 is 18.5. The molecule has 0 aliphatic heterocycles. The molecule has 0 saturated heterocycles. The molecule has 0 spiro atoms. The van der Waals surface area contributed by atoms with Gasteiger partial charge in [-0.1, -0.05) is 61.5 Å². The zero-order chi connectivity index (χ0) is 25.9. The van der Waals surface area contributed by atoms with Crippen molar-refractivity contribution in [3.63, 3.8) is 0 Å². The van der Waals surface area contributed by atoms with Crippen molar-refractivity contribution in [3.8, 4) is 22.4 Å². The number of rotatable bonds is 6. The Labute approximate surface area is 217 Å². The molecule has 0 atom stereocenters. The van der Waals surface area contributed by atoms with Gasteiger partial charge in [0.1, 0.15) is 16.4 Å². The third-order valence-electron chi connectivity index (χ3n) is 6.18. The minimum atomic E-state index is -0.591. The highest BCUT2D eigenvalue weighted by molar-refractivity contribution is 7.15. The number of thiophene rings is 1. The van der Waals surface area contributed by atoms with E-state index in [1.807, 2.05) is 36.4 Å². The first kappa shape index (κ1) is 24.3. The predicted molar refractivity (Wildman–Crippen MR) is 146 cm³/mol. The standard InChI is InChI=1S/C30H23FN2O3S/c1-3-18-8-10-20(11-9-18)26-16-23(22-6-4-5-7-25(22)32-26)28(34)33-29-27(30(35)36-2)24(17-37-29)19-12-14-21(31)15-13-19/h4-17H,3H2,1-2H3,(H,33,34). The normalized spacial score (nSPS) is 10.9. The Morgan fingerprint density at radius 1 is 0.973 bits per heavy atom. The number of aryl methyl sites for hydroxylation is 1. The molecule has 0 aliphatic rings. The van der Waals surface area contributed by atoms with Crippen molar-refractivity contribution in [2.24, 2.45) is 0 Å². The van der Waals surface area contributed by atoms with Crippen LogP contribution in [0.1, 0.15) is 33.2 Å². The van der Waals surface area contributed by atoms with Crippen LogP contribution in [-0.2, 0) is 11.2 Å². The molecular formula is C30H23FN2O3S. The number of halogens is 1. The molecule has 184 valence electrons. The average molecular weight is 511 g/mol. The second kappa shape index (κ2) is 10.3. The number of nitrogens with one attached hydrogen (secondary N) is 1. The van der Waals surface area contributed by atoms with Gasteiger partial charge in [-0.3, -0.25) is 4.79 Å². The van der Waals surface area contributed by atoms with Crippen LogP contribution in [0.5, 0.6) is 0 Å². The van der Waals surface area contributed by atoms with E-state index in [0.717, 1.165) is 12.0 Å². The van der Waals surface area contributed by atoms with Crippen molar-refractivity contribution in [2.75, 3.05) is 12.4 Å². The fourth-order valence-corrected chi connectivity index (χ4v) is 5.14. The number of hydrogen-bond acceptors (Lipinski definition) is 5. The van der Waals surface area contributed by atoms with Crippen molar-refractivity contribution < 1.29 is 18.7 Å². The van der Waals surface area contributed by atoms with E-state index < -0.39 is 5.97 Å². The first-order chi connectivity index (χ1) is 18.0. The smallest absolute Gasteiger partial charge is 0.341 e. The van der Waals surface area contributed by atoms with Gasteiger partial charge < -0.3 is 10.1 Å². The van der Waals surface area contributed by atoms with Gasteiger partial charge in [-0.15, -0.1) is 11.3 Å². The van der Waals surface area contributed by atoms with Gasteiger partial charge >= 0.3 is 5.97 Å². The summed E-state index contributed by atoms with van der Waals surface area (Å²) in [7, 11) is 1.28. The summed E-state index contributed by atoms with van der Waals surface area (Å²) in [5, 5.41) is 5.71. The molecule has 2 aromatic heterocycles. The molecular weight excluding hydrogens is 487 g/mol. The van der Waals surface area contributed by atoms with Crippen LogP contribution in [0.2, 0.25) is 0 Å². The summed E-state index contributed by atoms with van der Waals surface area (Å²) >= 11 is 1.21. The number of benzene rings is 3. The number of pyridine rings is 1.